The lowest BCUT2D eigenvalue weighted by molar-refractivity contribution is 0.331. The van der Waals surface area contributed by atoms with Gasteiger partial charge in [0.25, 0.3) is 0 Å². The molecule has 27 heavy (non-hydrogen) atoms. The minimum atomic E-state index is -0.816. The quantitative estimate of drug-likeness (QED) is 0.485. The fourth-order valence-electron chi connectivity index (χ4n) is 2.88. The highest BCUT2D eigenvalue weighted by Gasteiger charge is 2.17. The molecule has 0 radical (unpaired) electrons. The zero-order valence-electron chi connectivity index (χ0n) is 14.1. The van der Waals surface area contributed by atoms with Gasteiger partial charge in [0.15, 0.2) is 5.82 Å². The number of fused-ring (bicyclic) bond motifs is 3. The van der Waals surface area contributed by atoms with Gasteiger partial charge in [-0.25, -0.2) is 18.7 Å². The summed E-state index contributed by atoms with van der Waals surface area (Å²) in [5.41, 5.74) is 0.558. The van der Waals surface area contributed by atoms with E-state index in [1.165, 1.54) is 0 Å². The average molecular weight is 387 g/mol. The summed E-state index contributed by atoms with van der Waals surface area (Å²) >= 11 is 6.02. The zero-order valence-corrected chi connectivity index (χ0v) is 14.9. The number of nitrogens with one attached hydrogen (secondary N) is 1. The number of anilines is 2. The molecule has 5 nitrogen and oxygen atoms in total. The maximum Gasteiger partial charge on any atom is 0.222 e. The monoisotopic (exact) mass is 386 g/mol. The molecule has 0 aliphatic rings. The van der Waals surface area contributed by atoms with Crippen LogP contribution in [0.2, 0.25) is 5.02 Å². The number of ether oxygens (including phenoxy) is 1. The van der Waals surface area contributed by atoms with E-state index < -0.39 is 11.6 Å². The molecule has 8 heteroatoms. The Morgan fingerprint density at radius 2 is 2.00 bits per heavy atom. The molecular formula is C19H13ClF2N4O. The van der Waals surface area contributed by atoms with Crippen LogP contribution in [-0.2, 0) is 0 Å². The van der Waals surface area contributed by atoms with Crippen molar-refractivity contribution in [2.24, 2.45) is 0 Å². The fourth-order valence-corrected chi connectivity index (χ4v) is 3.12. The highest BCUT2D eigenvalue weighted by molar-refractivity contribution is 6.33. The molecule has 0 saturated carbocycles. The van der Waals surface area contributed by atoms with E-state index in [0.29, 0.717) is 34.6 Å². The van der Waals surface area contributed by atoms with Crippen LogP contribution in [-0.4, -0.2) is 21.6 Å². The predicted molar refractivity (Wildman–Crippen MR) is 101 cm³/mol. The van der Waals surface area contributed by atoms with Crippen LogP contribution in [0.15, 0.2) is 42.9 Å². The lowest BCUT2D eigenvalue weighted by Gasteiger charge is -2.15. The van der Waals surface area contributed by atoms with E-state index in [1.54, 1.807) is 30.7 Å². The van der Waals surface area contributed by atoms with Crippen molar-refractivity contribution in [3.63, 3.8) is 0 Å². The van der Waals surface area contributed by atoms with Gasteiger partial charge in [-0.2, -0.15) is 0 Å². The number of hydrogen-bond acceptors (Lipinski definition) is 5. The first-order chi connectivity index (χ1) is 13.1. The molecule has 0 atom stereocenters. The van der Waals surface area contributed by atoms with Gasteiger partial charge in [0.05, 0.1) is 28.2 Å². The van der Waals surface area contributed by atoms with Gasteiger partial charge < -0.3 is 10.1 Å². The molecule has 136 valence electrons. The van der Waals surface area contributed by atoms with Gasteiger partial charge >= 0.3 is 0 Å². The van der Waals surface area contributed by atoms with Crippen molar-refractivity contribution in [2.45, 2.75) is 6.92 Å². The molecule has 3 aromatic heterocycles. The highest BCUT2D eigenvalue weighted by atomic mass is 35.5. The van der Waals surface area contributed by atoms with Crippen LogP contribution in [0.4, 0.5) is 20.3 Å². The molecule has 0 unspecified atom stereocenters. The first-order valence-electron chi connectivity index (χ1n) is 8.15. The molecule has 4 rings (SSSR count). The molecule has 1 N–H and O–H groups in total. The van der Waals surface area contributed by atoms with Crippen molar-refractivity contribution in [3.05, 3.63) is 59.5 Å². The molecule has 0 aliphatic carbocycles. The highest BCUT2D eigenvalue weighted by Crippen LogP contribution is 2.37. The van der Waals surface area contributed by atoms with Crippen molar-refractivity contribution in [1.29, 1.82) is 0 Å². The van der Waals surface area contributed by atoms with Crippen LogP contribution >= 0.6 is 11.6 Å². The number of halogens is 3. The number of benzene rings is 1. The van der Waals surface area contributed by atoms with Crippen LogP contribution < -0.4 is 10.1 Å². The third-order valence-corrected chi connectivity index (χ3v) is 4.30. The van der Waals surface area contributed by atoms with E-state index >= 15 is 0 Å². The normalized spacial score (nSPS) is 11.1. The summed E-state index contributed by atoms with van der Waals surface area (Å²) in [5, 5.41) is 4.89. The van der Waals surface area contributed by atoms with Gasteiger partial charge in [0.1, 0.15) is 11.6 Å². The van der Waals surface area contributed by atoms with E-state index in [0.717, 1.165) is 17.5 Å². The molecule has 4 aromatic rings. The minimum absolute atomic E-state index is 0.0601. The summed E-state index contributed by atoms with van der Waals surface area (Å²) in [6.45, 7) is 2.28. The molecule has 3 heterocycles. The summed E-state index contributed by atoms with van der Waals surface area (Å²) in [5.74, 6) is -0.805. The maximum absolute atomic E-state index is 14.2. The smallest absolute Gasteiger partial charge is 0.222 e. The van der Waals surface area contributed by atoms with Gasteiger partial charge in [-0.3, -0.25) is 4.98 Å². The lowest BCUT2D eigenvalue weighted by atomic mass is 10.1. The molecule has 0 saturated heterocycles. The first kappa shape index (κ1) is 17.4. The Bertz CT molecular complexity index is 1150. The second kappa shape index (κ2) is 6.92. The van der Waals surface area contributed by atoms with Gasteiger partial charge in [0.2, 0.25) is 5.88 Å². The van der Waals surface area contributed by atoms with Crippen LogP contribution in [0.25, 0.3) is 21.7 Å². The molecule has 0 aliphatic heterocycles. The third kappa shape index (κ3) is 3.10. The second-order valence-electron chi connectivity index (χ2n) is 5.69. The molecular weight excluding hydrogens is 374 g/mol. The average Bonchev–Trinajstić information content (AvgIpc) is 2.65. The Labute approximate surface area is 158 Å². The van der Waals surface area contributed by atoms with E-state index in [1.807, 2.05) is 6.92 Å². The topological polar surface area (TPSA) is 59.9 Å². The number of hydrogen-bond donors (Lipinski definition) is 1. The number of nitrogens with zero attached hydrogens (tertiary/aromatic N) is 3. The molecule has 0 spiro atoms. The van der Waals surface area contributed by atoms with Crippen molar-refractivity contribution in [2.75, 3.05) is 11.9 Å². The Hall–Kier alpha value is -3.06. The standard InChI is InChI=1S/C19H13ClF2N4O/c1-2-27-19-16-11(3-6-24-19)18(25-15-4-5-23-9-12(15)16)26-17-13(20)7-10(21)8-14(17)22/h3-9H,2H2,1H3,(H,25,26). The minimum Gasteiger partial charge on any atom is -0.478 e. The number of aromatic nitrogens is 3. The first-order valence-corrected chi connectivity index (χ1v) is 8.53. The van der Waals surface area contributed by atoms with Crippen LogP contribution in [0.5, 0.6) is 5.88 Å². The maximum atomic E-state index is 14.2. The van der Waals surface area contributed by atoms with Gasteiger partial charge in [-0.1, -0.05) is 11.6 Å². The summed E-state index contributed by atoms with van der Waals surface area (Å²) in [4.78, 5) is 13.0. The molecule has 1 aromatic carbocycles. The Morgan fingerprint density at radius 3 is 2.78 bits per heavy atom. The van der Waals surface area contributed by atoms with Gasteiger partial charge in [0, 0.05) is 35.4 Å². The van der Waals surface area contributed by atoms with E-state index in [-0.39, 0.29) is 10.7 Å². The fraction of sp³-hybridized carbons (Fsp3) is 0.105. The molecule has 0 fully saturated rings. The predicted octanol–water partition coefficient (Wildman–Crippen LogP) is 5.25. The second-order valence-corrected chi connectivity index (χ2v) is 6.10. The summed E-state index contributed by atoms with van der Waals surface area (Å²) in [7, 11) is 0. The third-order valence-electron chi connectivity index (χ3n) is 4.00. The van der Waals surface area contributed by atoms with Crippen molar-refractivity contribution in [3.8, 4) is 5.88 Å². The Kier molecular flexibility index (Phi) is 4.45. The van der Waals surface area contributed by atoms with Crippen LogP contribution in [0.3, 0.4) is 0 Å². The van der Waals surface area contributed by atoms with Crippen molar-refractivity contribution in [1.82, 2.24) is 15.0 Å². The van der Waals surface area contributed by atoms with E-state index in [9.17, 15) is 8.78 Å². The summed E-state index contributed by atoms with van der Waals surface area (Å²) in [6.07, 6.45) is 4.85. The summed E-state index contributed by atoms with van der Waals surface area (Å²) in [6, 6.07) is 5.25. The molecule has 0 bridgehead atoms. The SMILES string of the molecule is CCOc1nccc2c(Nc3c(F)cc(F)cc3Cl)nc3ccncc3c12. The van der Waals surface area contributed by atoms with Crippen molar-refractivity contribution >= 4 is 44.8 Å². The van der Waals surface area contributed by atoms with Crippen LogP contribution in [0, 0.1) is 11.6 Å². The van der Waals surface area contributed by atoms with Gasteiger partial charge in [-0.15, -0.1) is 0 Å². The largest absolute Gasteiger partial charge is 0.478 e. The Balaban J connectivity index is 1.99. The van der Waals surface area contributed by atoms with Crippen LogP contribution in [0.1, 0.15) is 6.92 Å². The van der Waals surface area contributed by atoms with E-state index in [2.05, 4.69) is 20.3 Å². The van der Waals surface area contributed by atoms with Gasteiger partial charge in [-0.05, 0) is 25.1 Å². The van der Waals surface area contributed by atoms with E-state index in [4.69, 9.17) is 16.3 Å². The number of rotatable bonds is 4. The number of pyridine rings is 3. The summed E-state index contributed by atoms with van der Waals surface area (Å²) < 4.78 is 33.2. The Morgan fingerprint density at radius 1 is 1.15 bits per heavy atom. The molecule has 0 amide bonds. The lowest BCUT2D eigenvalue weighted by Crippen LogP contribution is -2.02. The van der Waals surface area contributed by atoms with Crippen molar-refractivity contribution < 1.29 is 13.5 Å². The zero-order chi connectivity index (χ0) is 19.0.